The van der Waals surface area contributed by atoms with Crippen LogP contribution in [0.3, 0.4) is 0 Å². The molecule has 0 radical (unpaired) electrons. The van der Waals surface area contributed by atoms with Gasteiger partial charge < -0.3 is 4.42 Å². The Morgan fingerprint density at radius 1 is 0.228 bits per heavy atom. The molecule has 0 spiro atoms. The first kappa shape index (κ1) is 32.9. The second-order valence-corrected chi connectivity index (χ2v) is 14.8. The Bertz CT molecular complexity index is 3210. The highest BCUT2D eigenvalue weighted by Gasteiger charge is 2.20. The molecule has 11 aromatic rings. The minimum atomic E-state index is 0.883. The van der Waals surface area contributed by atoms with Crippen LogP contribution in [0.1, 0.15) is 0 Å². The van der Waals surface area contributed by atoms with Gasteiger partial charge in [-0.25, -0.2) is 0 Å². The molecule has 11 rings (SSSR count). The third-order valence-electron chi connectivity index (χ3n) is 11.5. The topological polar surface area (TPSA) is 13.1 Å². The highest BCUT2D eigenvalue weighted by atomic mass is 16.3. The van der Waals surface area contributed by atoms with Crippen molar-refractivity contribution in [3.05, 3.63) is 218 Å². The van der Waals surface area contributed by atoms with E-state index >= 15 is 0 Å². The molecule has 0 fully saturated rings. The summed E-state index contributed by atoms with van der Waals surface area (Å²) in [6, 6.07) is 78.8. The summed E-state index contributed by atoms with van der Waals surface area (Å²) >= 11 is 0. The second-order valence-electron chi connectivity index (χ2n) is 14.8. The normalized spacial score (nSPS) is 11.5. The van der Waals surface area contributed by atoms with Gasteiger partial charge in [-0.15, -0.1) is 0 Å². The Labute approximate surface area is 331 Å². The van der Waals surface area contributed by atoms with Gasteiger partial charge in [-0.1, -0.05) is 194 Å². The van der Waals surface area contributed by atoms with Crippen LogP contribution < -0.4 is 0 Å². The van der Waals surface area contributed by atoms with E-state index in [1.807, 2.05) is 6.07 Å². The number of rotatable bonds is 6. The van der Waals surface area contributed by atoms with Crippen LogP contribution in [0.25, 0.3) is 110 Å². The van der Waals surface area contributed by atoms with Crippen molar-refractivity contribution in [2.75, 3.05) is 0 Å². The van der Waals surface area contributed by atoms with Crippen LogP contribution in [0.5, 0.6) is 0 Å². The monoisotopic (exact) mass is 724 g/mol. The van der Waals surface area contributed by atoms with E-state index in [0.29, 0.717) is 0 Å². The molecule has 10 aromatic carbocycles. The van der Waals surface area contributed by atoms with Gasteiger partial charge in [-0.05, 0) is 107 Å². The van der Waals surface area contributed by atoms with Crippen molar-refractivity contribution in [3.63, 3.8) is 0 Å². The van der Waals surface area contributed by atoms with Gasteiger partial charge in [0.1, 0.15) is 11.3 Å². The number of hydrogen-bond donors (Lipinski definition) is 0. The molecule has 57 heavy (non-hydrogen) atoms. The fourth-order valence-corrected chi connectivity index (χ4v) is 8.76. The van der Waals surface area contributed by atoms with Gasteiger partial charge in [-0.3, -0.25) is 0 Å². The fraction of sp³-hybridized carbons (Fsp3) is 0. The molecule has 0 aliphatic heterocycles. The van der Waals surface area contributed by atoms with E-state index in [2.05, 4.69) is 212 Å². The highest BCUT2D eigenvalue weighted by molar-refractivity contribution is 6.21. The molecule has 1 heterocycles. The minimum absolute atomic E-state index is 0.883. The van der Waals surface area contributed by atoms with Crippen LogP contribution in [0.4, 0.5) is 0 Å². The first-order valence-corrected chi connectivity index (χ1v) is 19.6. The van der Waals surface area contributed by atoms with Crippen molar-refractivity contribution in [1.82, 2.24) is 0 Å². The van der Waals surface area contributed by atoms with Crippen LogP contribution in [-0.2, 0) is 0 Å². The molecule has 0 atom stereocenters. The van der Waals surface area contributed by atoms with E-state index in [-0.39, 0.29) is 0 Å². The number of hydrogen-bond acceptors (Lipinski definition) is 1. The molecule has 0 bridgehead atoms. The van der Waals surface area contributed by atoms with Crippen molar-refractivity contribution in [2.24, 2.45) is 0 Å². The Morgan fingerprint density at radius 2 is 0.684 bits per heavy atom. The number of fused-ring (bicyclic) bond motifs is 4. The maximum Gasteiger partial charge on any atom is 0.143 e. The van der Waals surface area contributed by atoms with Crippen molar-refractivity contribution in [3.8, 4) is 67.0 Å². The van der Waals surface area contributed by atoms with Crippen LogP contribution >= 0.6 is 0 Å². The highest BCUT2D eigenvalue weighted by Crippen LogP contribution is 2.46. The SMILES string of the molecule is c1ccc(-c2oc3ccc(-c4ccc(-c5c6ccccc6c(-c6cccc(-c7ccc8ccccc8c7)c6)c6ccccc56)cc4)cc3c2-c2ccccc2)cc1. The molecule has 0 aliphatic rings. The van der Waals surface area contributed by atoms with Crippen molar-refractivity contribution >= 4 is 43.3 Å². The molecule has 0 aliphatic carbocycles. The largest absolute Gasteiger partial charge is 0.455 e. The molecule has 1 heteroatoms. The van der Waals surface area contributed by atoms with Crippen molar-refractivity contribution < 1.29 is 4.42 Å². The lowest BCUT2D eigenvalue weighted by Gasteiger charge is -2.18. The van der Waals surface area contributed by atoms with E-state index in [1.54, 1.807) is 0 Å². The van der Waals surface area contributed by atoms with Crippen LogP contribution in [0.15, 0.2) is 223 Å². The first-order chi connectivity index (χ1) is 28.3. The quantitative estimate of drug-likeness (QED) is 0.156. The molecular formula is C56H36O. The van der Waals surface area contributed by atoms with Gasteiger partial charge in [0.05, 0.1) is 0 Å². The maximum absolute atomic E-state index is 6.58. The van der Waals surface area contributed by atoms with Crippen molar-refractivity contribution in [2.45, 2.75) is 0 Å². The summed E-state index contributed by atoms with van der Waals surface area (Å²) in [4.78, 5) is 0. The van der Waals surface area contributed by atoms with E-state index in [1.165, 1.54) is 65.7 Å². The summed E-state index contributed by atoms with van der Waals surface area (Å²) in [5, 5.41) is 8.61. The lowest BCUT2D eigenvalue weighted by Crippen LogP contribution is -1.91. The zero-order valence-electron chi connectivity index (χ0n) is 31.2. The second kappa shape index (κ2) is 13.7. The molecule has 0 saturated heterocycles. The van der Waals surface area contributed by atoms with Gasteiger partial charge in [0.15, 0.2) is 0 Å². The molecule has 0 saturated carbocycles. The molecule has 0 amide bonds. The smallest absolute Gasteiger partial charge is 0.143 e. The molecule has 1 aromatic heterocycles. The van der Waals surface area contributed by atoms with Gasteiger partial charge >= 0.3 is 0 Å². The van der Waals surface area contributed by atoms with E-state index in [4.69, 9.17) is 4.42 Å². The molecule has 0 N–H and O–H groups in total. The maximum atomic E-state index is 6.58. The molecule has 0 unspecified atom stereocenters. The van der Waals surface area contributed by atoms with Gasteiger partial charge in [0.2, 0.25) is 0 Å². The van der Waals surface area contributed by atoms with Crippen LogP contribution in [0.2, 0.25) is 0 Å². The summed E-state index contributed by atoms with van der Waals surface area (Å²) in [7, 11) is 0. The standard InChI is InChI=1S/C56H36O/c1-3-15-39(16-4-1)55-51-36-45(32-33-52(51)57-56(55)41-17-5-2-6-18-41)38-26-29-40(30-27-38)53-47-22-9-11-24-49(47)54(50-25-12-10-23-48(50)53)46-21-13-20-43(35-46)44-31-28-37-14-7-8-19-42(37)34-44/h1-36H. The Morgan fingerprint density at radius 3 is 1.37 bits per heavy atom. The van der Waals surface area contributed by atoms with E-state index < -0.39 is 0 Å². The fourth-order valence-electron chi connectivity index (χ4n) is 8.76. The predicted molar refractivity (Wildman–Crippen MR) is 241 cm³/mol. The van der Waals surface area contributed by atoms with Gasteiger partial charge in [0.25, 0.3) is 0 Å². The Kier molecular flexibility index (Phi) is 7.89. The average Bonchev–Trinajstić information content (AvgIpc) is 3.68. The predicted octanol–water partition coefficient (Wildman–Crippen LogP) is 15.9. The van der Waals surface area contributed by atoms with Crippen molar-refractivity contribution in [1.29, 1.82) is 0 Å². The Balaban J connectivity index is 1.03. The number of benzene rings is 10. The zero-order valence-corrected chi connectivity index (χ0v) is 31.2. The van der Waals surface area contributed by atoms with Crippen LogP contribution in [-0.4, -0.2) is 0 Å². The lowest BCUT2D eigenvalue weighted by atomic mass is 9.85. The summed E-state index contributed by atoms with van der Waals surface area (Å²) in [6.07, 6.45) is 0. The van der Waals surface area contributed by atoms with Crippen LogP contribution in [0, 0.1) is 0 Å². The average molecular weight is 725 g/mol. The summed E-state index contributed by atoms with van der Waals surface area (Å²) in [5.41, 5.74) is 13.9. The zero-order chi connectivity index (χ0) is 37.7. The summed E-state index contributed by atoms with van der Waals surface area (Å²) in [5.74, 6) is 0.895. The minimum Gasteiger partial charge on any atom is -0.455 e. The third kappa shape index (κ3) is 5.72. The third-order valence-corrected chi connectivity index (χ3v) is 11.5. The molecular weight excluding hydrogens is 689 g/mol. The van der Waals surface area contributed by atoms with E-state index in [9.17, 15) is 0 Å². The Hall–Kier alpha value is -7.48. The molecule has 266 valence electrons. The lowest BCUT2D eigenvalue weighted by molar-refractivity contribution is 0.632. The summed E-state index contributed by atoms with van der Waals surface area (Å²) < 4.78 is 6.58. The van der Waals surface area contributed by atoms with Gasteiger partial charge in [-0.2, -0.15) is 0 Å². The van der Waals surface area contributed by atoms with E-state index in [0.717, 1.165) is 44.5 Å². The molecule has 1 nitrogen and oxygen atoms in total. The summed E-state index contributed by atoms with van der Waals surface area (Å²) in [6.45, 7) is 0. The number of furan rings is 1. The first-order valence-electron chi connectivity index (χ1n) is 19.6. The van der Waals surface area contributed by atoms with Gasteiger partial charge in [0, 0.05) is 16.5 Å².